The first-order valence-electron chi connectivity index (χ1n) is 13.0. The van der Waals surface area contributed by atoms with Gasteiger partial charge < -0.3 is 24.8 Å². The minimum Gasteiger partial charge on any atom is -0.497 e. The molecule has 1 heterocycles. The van der Waals surface area contributed by atoms with Gasteiger partial charge in [0, 0.05) is 46.1 Å². The Morgan fingerprint density at radius 2 is 1.65 bits per heavy atom. The van der Waals surface area contributed by atoms with Crippen molar-refractivity contribution < 1.29 is 28.2 Å². The molecule has 1 aliphatic heterocycles. The molecule has 8 heteroatoms. The van der Waals surface area contributed by atoms with E-state index in [0.29, 0.717) is 51.9 Å². The van der Waals surface area contributed by atoms with Gasteiger partial charge in [-0.05, 0) is 67.3 Å². The SMILES string of the molecule is COc1ccc(NC(=O)C2=C(C)NC3=C(C(=O)C[C@H](c4ccc(OC)c(OC)c4)C3)[C@H]2c2ccccc2F)cc1. The number of Topliss-reactive ketones (excluding diaryl/α,β-unsaturated/α-hetero) is 1. The van der Waals surface area contributed by atoms with E-state index in [9.17, 15) is 9.59 Å². The highest BCUT2D eigenvalue weighted by Crippen LogP contribution is 2.47. The monoisotopic (exact) mass is 542 g/mol. The van der Waals surface area contributed by atoms with Crippen LogP contribution in [0.3, 0.4) is 0 Å². The van der Waals surface area contributed by atoms with Gasteiger partial charge in [-0.25, -0.2) is 4.39 Å². The minimum absolute atomic E-state index is 0.123. The molecular formula is C32H31FN2O5. The summed E-state index contributed by atoms with van der Waals surface area (Å²) >= 11 is 0. The lowest BCUT2D eigenvalue weighted by Gasteiger charge is -2.37. The zero-order valence-corrected chi connectivity index (χ0v) is 22.8. The first kappa shape index (κ1) is 27.0. The second-order valence-electron chi connectivity index (χ2n) is 9.84. The third-order valence-corrected chi connectivity index (χ3v) is 7.52. The second kappa shape index (κ2) is 11.3. The maximum atomic E-state index is 15.3. The summed E-state index contributed by atoms with van der Waals surface area (Å²) in [6, 6.07) is 18.9. The van der Waals surface area contributed by atoms with Crippen LogP contribution in [0.1, 0.15) is 42.7 Å². The first-order chi connectivity index (χ1) is 19.3. The van der Waals surface area contributed by atoms with Gasteiger partial charge in [0.05, 0.1) is 21.3 Å². The van der Waals surface area contributed by atoms with Gasteiger partial charge in [-0.15, -0.1) is 0 Å². The van der Waals surface area contributed by atoms with Crippen LogP contribution in [-0.4, -0.2) is 33.0 Å². The molecule has 7 nitrogen and oxygen atoms in total. The smallest absolute Gasteiger partial charge is 0.254 e. The highest BCUT2D eigenvalue weighted by molar-refractivity contribution is 6.10. The molecule has 3 aromatic rings. The van der Waals surface area contributed by atoms with Crippen LogP contribution in [0.25, 0.3) is 0 Å². The number of hydrogen-bond acceptors (Lipinski definition) is 6. The number of rotatable bonds is 7. The molecule has 0 bridgehead atoms. The molecule has 2 aliphatic rings. The average molecular weight is 543 g/mol. The Morgan fingerprint density at radius 3 is 2.33 bits per heavy atom. The van der Waals surface area contributed by atoms with Crippen molar-refractivity contribution >= 4 is 17.4 Å². The summed E-state index contributed by atoms with van der Waals surface area (Å²) in [5.74, 6) is -0.149. The van der Waals surface area contributed by atoms with Gasteiger partial charge in [-0.2, -0.15) is 0 Å². The number of allylic oxidation sites excluding steroid dienone is 3. The Bertz CT molecular complexity index is 1530. The Hall–Kier alpha value is -4.59. The molecule has 3 aromatic carbocycles. The fourth-order valence-corrected chi connectivity index (χ4v) is 5.58. The summed E-state index contributed by atoms with van der Waals surface area (Å²) in [5.41, 5.74) is 3.77. The standard InChI is InChI=1S/C32H31FN2O5/c1-18-29(32(37)35-21-10-12-22(38-2)13-11-21)30(23-7-5-6-8-24(23)33)31-25(34-18)15-20(16-26(31)36)19-9-14-27(39-3)28(17-19)40-4/h5-14,17,20,30,34H,15-16H2,1-4H3,(H,35,37)/t20-,30+/m1/s1. The average Bonchev–Trinajstić information content (AvgIpc) is 2.96. The van der Waals surface area contributed by atoms with Crippen LogP contribution in [0, 0.1) is 5.82 Å². The Kier molecular flexibility index (Phi) is 7.60. The fraction of sp³-hybridized carbons (Fsp3) is 0.250. The van der Waals surface area contributed by atoms with E-state index in [1.807, 2.05) is 18.2 Å². The van der Waals surface area contributed by atoms with Crippen molar-refractivity contribution in [2.75, 3.05) is 26.6 Å². The molecule has 0 unspecified atom stereocenters. The maximum Gasteiger partial charge on any atom is 0.254 e. The van der Waals surface area contributed by atoms with E-state index in [1.54, 1.807) is 70.7 Å². The van der Waals surface area contributed by atoms with Gasteiger partial charge in [0.1, 0.15) is 11.6 Å². The molecule has 40 heavy (non-hydrogen) atoms. The topological polar surface area (TPSA) is 85.9 Å². The normalized spacial score (nSPS) is 18.6. The number of amides is 1. The molecule has 0 aromatic heterocycles. The van der Waals surface area contributed by atoms with E-state index in [2.05, 4.69) is 10.6 Å². The number of methoxy groups -OCH3 is 3. The largest absolute Gasteiger partial charge is 0.497 e. The van der Waals surface area contributed by atoms with Crippen LogP contribution >= 0.6 is 0 Å². The number of ketones is 1. The summed E-state index contributed by atoms with van der Waals surface area (Å²) in [6.45, 7) is 1.78. The molecule has 2 N–H and O–H groups in total. The van der Waals surface area contributed by atoms with E-state index in [1.165, 1.54) is 6.07 Å². The van der Waals surface area contributed by atoms with Crippen molar-refractivity contribution in [1.29, 1.82) is 0 Å². The highest BCUT2D eigenvalue weighted by Gasteiger charge is 2.42. The van der Waals surface area contributed by atoms with E-state index in [0.717, 1.165) is 5.56 Å². The van der Waals surface area contributed by atoms with Crippen LogP contribution in [0.5, 0.6) is 17.2 Å². The minimum atomic E-state index is -0.852. The Balaban J connectivity index is 1.53. The molecule has 0 radical (unpaired) electrons. The van der Waals surface area contributed by atoms with E-state index >= 15 is 4.39 Å². The number of carbonyl (C=O) groups is 2. The van der Waals surface area contributed by atoms with Crippen molar-refractivity contribution in [3.05, 3.63) is 106 Å². The lowest BCUT2D eigenvalue weighted by Crippen LogP contribution is -2.37. The van der Waals surface area contributed by atoms with Crippen molar-refractivity contribution in [3.63, 3.8) is 0 Å². The quantitative estimate of drug-likeness (QED) is 0.390. The number of ether oxygens (including phenoxy) is 3. The zero-order chi connectivity index (χ0) is 28.4. The second-order valence-corrected chi connectivity index (χ2v) is 9.84. The molecule has 0 saturated heterocycles. The number of hydrogen-bond donors (Lipinski definition) is 2. The number of nitrogens with one attached hydrogen (secondary N) is 2. The summed E-state index contributed by atoms with van der Waals surface area (Å²) in [5, 5.41) is 6.24. The van der Waals surface area contributed by atoms with Crippen LogP contribution in [0.4, 0.5) is 10.1 Å². The summed E-state index contributed by atoms with van der Waals surface area (Å²) < 4.78 is 31.3. The molecule has 0 spiro atoms. The Morgan fingerprint density at radius 1 is 0.925 bits per heavy atom. The van der Waals surface area contributed by atoms with Crippen molar-refractivity contribution in [1.82, 2.24) is 5.32 Å². The van der Waals surface area contributed by atoms with Crippen LogP contribution in [0.2, 0.25) is 0 Å². The molecule has 206 valence electrons. The zero-order valence-electron chi connectivity index (χ0n) is 22.8. The number of dihydropyridines is 1. The molecule has 1 aliphatic carbocycles. The number of halogens is 1. The van der Waals surface area contributed by atoms with E-state index < -0.39 is 17.6 Å². The van der Waals surface area contributed by atoms with Crippen molar-refractivity contribution in [2.24, 2.45) is 0 Å². The number of carbonyl (C=O) groups excluding carboxylic acids is 2. The third kappa shape index (κ3) is 5.04. The molecule has 2 atom stereocenters. The predicted molar refractivity (Wildman–Crippen MR) is 150 cm³/mol. The van der Waals surface area contributed by atoms with E-state index in [4.69, 9.17) is 14.2 Å². The van der Waals surface area contributed by atoms with E-state index in [-0.39, 0.29) is 23.7 Å². The molecule has 1 amide bonds. The molecule has 0 saturated carbocycles. The fourth-order valence-electron chi connectivity index (χ4n) is 5.58. The van der Waals surface area contributed by atoms with Gasteiger partial charge in [0.2, 0.25) is 0 Å². The molecule has 5 rings (SSSR count). The molecular weight excluding hydrogens is 511 g/mol. The van der Waals surface area contributed by atoms with Crippen molar-refractivity contribution in [2.45, 2.75) is 31.6 Å². The van der Waals surface area contributed by atoms with Crippen LogP contribution < -0.4 is 24.8 Å². The Labute approximate surface area is 232 Å². The lowest BCUT2D eigenvalue weighted by atomic mass is 9.71. The maximum absolute atomic E-state index is 15.3. The summed E-state index contributed by atoms with van der Waals surface area (Å²) in [4.78, 5) is 27.5. The van der Waals surface area contributed by atoms with Crippen LogP contribution in [-0.2, 0) is 9.59 Å². The lowest BCUT2D eigenvalue weighted by molar-refractivity contribution is -0.116. The first-order valence-corrected chi connectivity index (χ1v) is 13.0. The van der Waals surface area contributed by atoms with Gasteiger partial charge >= 0.3 is 0 Å². The number of anilines is 1. The third-order valence-electron chi connectivity index (χ3n) is 7.52. The highest BCUT2D eigenvalue weighted by atomic mass is 19.1. The summed E-state index contributed by atoms with van der Waals surface area (Å²) in [6.07, 6.45) is 0.736. The van der Waals surface area contributed by atoms with Crippen molar-refractivity contribution in [3.8, 4) is 17.2 Å². The van der Waals surface area contributed by atoms with Gasteiger partial charge in [0.25, 0.3) is 5.91 Å². The van der Waals surface area contributed by atoms with Gasteiger partial charge in [-0.1, -0.05) is 24.3 Å². The molecule has 0 fully saturated rings. The predicted octanol–water partition coefficient (Wildman–Crippen LogP) is 5.85. The summed E-state index contributed by atoms with van der Waals surface area (Å²) in [7, 11) is 4.71. The van der Waals surface area contributed by atoms with Gasteiger partial charge in [-0.3, -0.25) is 9.59 Å². The van der Waals surface area contributed by atoms with Gasteiger partial charge in [0.15, 0.2) is 17.3 Å². The van der Waals surface area contributed by atoms with Crippen LogP contribution in [0.15, 0.2) is 89.3 Å². The number of benzene rings is 3.